The van der Waals surface area contributed by atoms with E-state index < -0.39 is 0 Å². The van der Waals surface area contributed by atoms with E-state index in [1.165, 1.54) is 0 Å². The van der Waals surface area contributed by atoms with E-state index in [1.807, 2.05) is 38.2 Å². The van der Waals surface area contributed by atoms with Crippen molar-refractivity contribution in [3.8, 4) is 5.69 Å². The number of hydrogen-bond donors (Lipinski definition) is 2. The Balaban J connectivity index is 1.78. The molecule has 1 amide bonds. The molecule has 6 nitrogen and oxygen atoms in total. The van der Waals surface area contributed by atoms with Crippen molar-refractivity contribution in [3.63, 3.8) is 0 Å². The molecule has 3 rings (SSSR count). The molecule has 1 aromatic carbocycles. The summed E-state index contributed by atoms with van der Waals surface area (Å²) in [5, 5.41) is 13.9. The molecule has 0 saturated carbocycles. The van der Waals surface area contributed by atoms with Gasteiger partial charge < -0.3 is 5.32 Å². The number of aromatic nitrogens is 4. The number of nitrogens with one attached hydrogen (secondary N) is 2. The predicted molar refractivity (Wildman–Crippen MR) is 79.6 cm³/mol. The predicted octanol–water partition coefficient (Wildman–Crippen LogP) is 2.46. The molecule has 0 bridgehead atoms. The van der Waals surface area contributed by atoms with Crippen molar-refractivity contribution in [2.45, 2.75) is 13.8 Å². The molecule has 0 fully saturated rings. The van der Waals surface area contributed by atoms with Crippen molar-refractivity contribution in [3.05, 3.63) is 59.5 Å². The molecule has 6 heteroatoms. The van der Waals surface area contributed by atoms with Crippen LogP contribution in [0.4, 0.5) is 5.82 Å². The number of rotatable bonds is 3. The van der Waals surface area contributed by atoms with Crippen LogP contribution in [0.5, 0.6) is 0 Å². The van der Waals surface area contributed by atoms with Gasteiger partial charge in [0.2, 0.25) is 0 Å². The second-order valence-corrected chi connectivity index (χ2v) is 4.77. The van der Waals surface area contributed by atoms with Crippen molar-refractivity contribution in [1.82, 2.24) is 20.0 Å². The first-order valence-corrected chi connectivity index (χ1v) is 6.58. The van der Waals surface area contributed by atoms with Gasteiger partial charge in [0.25, 0.3) is 5.91 Å². The van der Waals surface area contributed by atoms with Crippen LogP contribution < -0.4 is 5.32 Å². The number of aryl methyl sites for hydroxylation is 1. The molecule has 0 spiro atoms. The van der Waals surface area contributed by atoms with Crippen LogP contribution in [0.3, 0.4) is 0 Å². The topological polar surface area (TPSA) is 75.6 Å². The molecule has 2 aromatic heterocycles. The lowest BCUT2D eigenvalue weighted by molar-refractivity contribution is 0.102. The normalized spacial score (nSPS) is 10.6. The molecule has 2 N–H and O–H groups in total. The summed E-state index contributed by atoms with van der Waals surface area (Å²) in [5.41, 5.74) is 3.37. The Bertz CT molecular complexity index is 756. The van der Waals surface area contributed by atoms with Crippen LogP contribution in [0.2, 0.25) is 0 Å². The van der Waals surface area contributed by atoms with Gasteiger partial charge in [-0.05, 0) is 44.2 Å². The van der Waals surface area contributed by atoms with E-state index in [4.69, 9.17) is 0 Å². The molecule has 0 unspecified atom stereocenters. The summed E-state index contributed by atoms with van der Waals surface area (Å²) < 4.78 is 1.74. The Hall–Kier alpha value is -2.89. The first-order valence-electron chi connectivity index (χ1n) is 6.58. The minimum Gasteiger partial charge on any atom is -0.305 e. The maximum absolute atomic E-state index is 12.2. The van der Waals surface area contributed by atoms with Crippen LogP contribution in [-0.2, 0) is 0 Å². The molecule has 0 aliphatic carbocycles. The van der Waals surface area contributed by atoms with Crippen molar-refractivity contribution in [2.75, 3.05) is 5.32 Å². The fourth-order valence-electron chi connectivity index (χ4n) is 1.97. The Morgan fingerprint density at radius 2 is 2.00 bits per heavy atom. The molecular weight excluding hydrogens is 266 g/mol. The molecule has 106 valence electrons. The molecule has 21 heavy (non-hydrogen) atoms. The zero-order chi connectivity index (χ0) is 14.8. The Labute approximate surface area is 121 Å². The first-order chi connectivity index (χ1) is 10.1. The number of amides is 1. The number of carbonyl (C=O) groups is 1. The largest absolute Gasteiger partial charge is 0.305 e. The number of carbonyl (C=O) groups excluding carboxylic acids is 1. The van der Waals surface area contributed by atoms with Gasteiger partial charge in [0.15, 0.2) is 5.82 Å². The standard InChI is InChI=1S/C15H15N5O/c1-10-11(2)18-19-14(10)17-15(21)12-4-6-13(7-5-12)20-9-3-8-16-20/h3-9H,1-2H3,(H2,17,18,19,21). The highest BCUT2D eigenvalue weighted by Gasteiger charge is 2.11. The molecule has 0 radical (unpaired) electrons. The smallest absolute Gasteiger partial charge is 0.256 e. The van der Waals surface area contributed by atoms with Crippen LogP contribution in [0, 0.1) is 13.8 Å². The van der Waals surface area contributed by atoms with Gasteiger partial charge in [-0.3, -0.25) is 9.89 Å². The maximum atomic E-state index is 12.2. The Morgan fingerprint density at radius 3 is 2.57 bits per heavy atom. The van der Waals surface area contributed by atoms with Crippen molar-refractivity contribution in [1.29, 1.82) is 0 Å². The summed E-state index contributed by atoms with van der Waals surface area (Å²) in [6, 6.07) is 9.08. The molecule has 3 aromatic rings. The number of benzene rings is 1. The highest BCUT2D eigenvalue weighted by atomic mass is 16.1. The van der Waals surface area contributed by atoms with E-state index in [9.17, 15) is 4.79 Å². The summed E-state index contributed by atoms with van der Waals surface area (Å²) in [6.45, 7) is 3.83. The van der Waals surface area contributed by atoms with Gasteiger partial charge in [0, 0.05) is 29.2 Å². The number of aromatic amines is 1. The molecule has 0 aliphatic heterocycles. The molecule has 2 heterocycles. The van der Waals surface area contributed by atoms with E-state index in [-0.39, 0.29) is 5.91 Å². The molecular formula is C15H15N5O. The van der Waals surface area contributed by atoms with Gasteiger partial charge in [0.05, 0.1) is 5.69 Å². The molecule has 0 aliphatic rings. The number of nitrogens with zero attached hydrogens (tertiary/aromatic N) is 3. The SMILES string of the molecule is Cc1[nH]nc(NC(=O)c2ccc(-n3cccn3)cc2)c1C. The average molecular weight is 281 g/mol. The van der Waals surface area contributed by atoms with E-state index in [0.29, 0.717) is 11.4 Å². The minimum atomic E-state index is -0.184. The van der Waals surface area contributed by atoms with Crippen LogP contribution >= 0.6 is 0 Å². The van der Waals surface area contributed by atoms with Crippen molar-refractivity contribution < 1.29 is 4.79 Å². The summed E-state index contributed by atoms with van der Waals surface area (Å²) in [5.74, 6) is 0.380. The summed E-state index contributed by atoms with van der Waals surface area (Å²) in [6.07, 6.45) is 3.56. The Morgan fingerprint density at radius 1 is 1.24 bits per heavy atom. The fraction of sp³-hybridized carbons (Fsp3) is 0.133. The summed E-state index contributed by atoms with van der Waals surface area (Å²) in [4.78, 5) is 12.2. The zero-order valence-electron chi connectivity index (χ0n) is 11.8. The van der Waals surface area contributed by atoms with E-state index in [1.54, 1.807) is 23.0 Å². The number of hydrogen-bond acceptors (Lipinski definition) is 3. The number of H-pyrrole nitrogens is 1. The van der Waals surface area contributed by atoms with E-state index in [0.717, 1.165) is 16.9 Å². The average Bonchev–Trinajstić information content (AvgIpc) is 3.13. The number of anilines is 1. The zero-order valence-corrected chi connectivity index (χ0v) is 11.8. The lowest BCUT2D eigenvalue weighted by atomic mass is 10.2. The first kappa shape index (κ1) is 13.1. The fourth-order valence-corrected chi connectivity index (χ4v) is 1.97. The lowest BCUT2D eigenvalue weighted by Crippen LogP contribution is -2.13. The highest BCUT2D eigenvalue weighted by Crippen LogP contribution is 2.15. The highest BCUT2D eigenvalue weighted by molar-refractivity contribution is 6.04. The van der Waals surface area contributed by atoms with E-state index >= 15 is 0 Å². The van der Waals surface area contributed by atoms with Crippen molar-refractivity contribution in [2.24, 2.45) is 0 Å². The van der Waals surface area contributed by atoms with Crippen LogP contribution in [0.15, 0.2) is 42.7 Å². The van der Waals surface area contributed by atoms with E-state index in [2.05, 4.69) is 20.6 Å². The van der Waals surface area contributed by atoms with Crippen LogP contribution in [-0.4, -0.2) is 25.9 Å². The lowest BCUT2D eigenvalue weighted by Gasteiger charge is -2.05. The third-order valence-electron chi connectivity index (χ3n) is 3.38. The quantitative estimate of drug-likeness (QED) is 0.774. The van der Waals surface area contributed by atoms with Gasteiger partial charge in [0.1, 0.15) is 0 Å². The molecule has 0 saturated heterocycles. The van der Waals surface area contributed by atoms with Crippen molar-refractivity contribution >= 4 is 11.7 Å². The van der Waals surface area contributed by atoms with Crippen LogP contribution in [0.25, 0.3) is 5.69 Å². The summed E-state index contributed by atoms with van der Waals surface area (Å²) >= 11 is 0. The second-order valence-electron chi connectivity index (χ2n) is 4.77. The maximum Gasteiger partial charge on any atom is 0.256 e. The monoisotopic (exact) mass is 281 g/mol. The third-order valence-corrected chi connectivity index (χ3v) is 3.38. The summed E-state index contributed by atoms with van der Waals surface area (Å²) in [7, 11) is 0. The van der Waals surface area contributed by atoms with Gasteiger partial charge in [-0.25, -0.2) is 4.68 Å². The van der Waals surface area contributed by atoms with Gasteiger partial charge in [-0.1, -0.05) is 0 Å². The Kier molecular flexibility index (Phi) is 3.27. The molecule has 0 atom stereocenters. The van der Waals surface area contributed by atoms with Gasteiger partial charge >= 0.3 is 0 Å². The van der Waals surface area contributed by atoms with Crippen LogP contribution in [0.1, 0.15) is 21.6 Å². The third kappa shape index (κ3) is 2.55. The minimum absolute atomic E-state index is 0.184. The second kappa shape index (κ2) is 5.24. The van der Waals surface area contributed by atoms with Gasteiger partial charge in [-0.15, -0.1) is 0 Å². The van der Waals surface area contributed by atoms with Gasteiger partial charge in [-0.2, -0.15) is 10.2 Å².